The SMILES string of the molecule is COc1ccc(Cn2c(=O)n3nc[nH+]c3c3ncc(CN4CCN(C)CC4)cc32)cc1. The van der Waals surface area contributed by atoms with E-state index in [4.69, 9.17) is 9.72 Å². The number of methoxy groups -OCH3 is 1. The lowest BCUT2D eigenvalue weighted by Gasteiger charge is -2.32. The van der Waals surface area contributed by atoms with Crippen molar-refractivity contribution in [1.29, 1.82) is 0 Å². The molecule has 1 fully saturated rings. The molecule has 160 valence electrons. The van der Waals surface area contributed by atoms with Crippen molar-refractivity contribution < 1.29 is 9.72 Å². The molecule has 4 heterocycles. The largest absolute Gasteiger partial charge is 0.497 e. The van der Waals surface area contributed by atoms with Crippen molar-refractivity contribution in [2.45, 2.75) is 13.1 Å². The average Bonchev–Trinajstić information content (AvgIpc) is 3.29. The van der Waals surface area contributed by atoms with E-state index in [0.717, 1.165) is 60.6 Å². The number of benzene rings is 1. The molecule has 1 aliphatic rings. The van der Waals surface area contributed by atoms with Crippen molar-refractivity contribution in [1.82, 2.24) is 29.0 Å². The lowest BCUT2D eigenvalue weighted by Crippen LogP contribution is -2.43. The maximum atomic E-state index is 13.2. The number of fused-ring (bicyclic) bond motifs is 3. The fourth-order valence-electron chi connectivity index (χ4n) is 4.10. The zero-order valence-corrected chi connectivity index (χ0v) is 17.8. The minimum Gasteiger partial charge on any atom is -0.497 e. The van der Waals surface area contributed by atoms with Crippen LogP contribution in [0.3, 0.4) is 0 Å². The summed E-state index contributed by atoms with van der Waals surface area (Å²) in [4.78, 5) is 25.8. The van der Waals surface area contributed by atoms with Crippen LogP contribution in [0.25, 0.3) is 16.7 Å². The molecule has 9 nitrogen and oxygen atoms in total. The van der Waals surface area contributed by atoms with E-state index < -0.39 is 0 Å². The zero-order chi connectivity index (χ0) is 21.4. The van der Waals surface area contributed by atoms with Gasteiger partial charge in [0.1, 0.15) is 5.75 Å². The smallest absolute Gasteiger partial charge is 0.423 e. The predicted octanol–water partition coefficient (Wildman–Crippen LogP) is 0.663. The van der Waals surface area contributed by atoms with Gasteiger partial charge < -0.3 is 9.64 Å². The lowest BCUT2D eigenvalue weighted by molar-refractivity contribution is -0.345. The molecular formula is C22H26N7O2+. The Hall–Kier alpha value is -3.30. The molecule has 0 bridgehead atoms. The Morgan fingerprint density at radius 1 is 1.06 bits per heavy atom. The molecule has 3 aromatic heterocycles. The first-order chi connectivity index (χ1) is 15.1. The summed E-state index contributed by atoms with van der Waals surface area (Å²) in [6, 6.07) is 9.84. The van der Waals surface area contributed by atoms with E-state index in [9.17, 15) is 4.79 Å². The molecule has 1 saturated heterocycles. The van der Waals surface area contributed by atoms with Crippen LogP contribution in [0.1, 0.15) is 11.1 Å². The molecule has 1 aliphatic heterocycles. The molecule has 0 saturated carbocycles. The van der Waals surface area contributed by atoms with Gasteiger partial charge in [0.25, 0.3) is 12.0 Å². The second-order valence-electron chi connectivity index (χ2n) is 8.06. The molecule has 31 heavy (non-hydrogen) atoms. The number of ether oxygens (including phenoxy) is 1. The number of hydrogen-bond donors (Lipinski definition) is 0. The van der Waals surface area contributed by atoms with Crippen LogP contribution in [0, 0.1) is 0 Å². The topological polar surface area (TPSA) is 82.0 Å². The third-order valence-electron chi connectivity index (χ3n) is 5.94. The van der Waals surface area contributed by atoms with Gasteiger partial charge in [0.15, 0.2) is 5.52 Å². The predicted molar refractivity (Wildman–Crippen MR) is 116 cm³/mol. The molecule has 0 radical (unpaired) electrons. The zero-order valence-electron chi connectivity index (χ0n) is 17.8. The van der Waals surface area contributed by atoms with Gasteiger partial charge >= 0.3 is 5.69 Å². The number of H-pyrrole nitrogens is 1. The third-order valence-corrected chi connectivity index (χ3v) is 5.94. The highest BCUT2D eigenvalue weighted by Gasteiger charge is 2.21. The number of nitrogens with zero attached hydrogens (tertiary/aromatic N) is 6. The van der Waals surface area contributed by atoms with Gasteiger partial charge in [-0.1, -0.05) is 12.1 Å². The maximum Gasteiger partial charge on any atom is 0.423 e. The van der Waals surface area contributed by atoms with Crippen molar-refractivity contribution >= 4 is 16.7 Å². The number of pyridine rings is 1. The van der Waals surface area contributed by atoms with Gasteiger partial charge in [-0.05, 0) is 40.9 Å². The second kappa shape index (κ2) is 8.09. The van der Waals surface area contributed by atoms with E-state index in [2.05, 4.69) is 33.0 Å². The molecule has 5 rings (SSSR count). The summed E-state index contributed by atoms with van der Waals surface area (Å²) in [5, 5.41) is 4.18. The van der Waals surface area contributed by atoms with E-state index in [1.165, 1.54) is 10.8 Å². The summed E-state index contributed by atoms with van der Waals surface area (Å²) in [5.41, 5.74) is 4.05. The highest BCUT2D eigenvalue weighted by molar-refractivity contribution is 5.85. The summed E-state index contributed by atoms with van der Waals surface area (Å²) in [7, 11) is 3.79. The van der Waals surface area contributed by atoms with Crippen molar-refractivity contribution in [2.75, 3.05) is 40.3 Å². The van der Waals surface area contributed by atoms with E-state index in [1.54, 1.807) is 11.7 Å². The van der Waals surface area contributed by atoms with Crippen LogP contribution in [0.2, 0.25) is 0 Å². The first-order valence-electron chi connectivity index (χ1n) is 10.4. The van der Waals surface area contributed by atoms with Crippen LogP contribution < -0.4 is 15.4 Å². The van der Waals surface area contributed by atoms with Crippen molar-refractivity contribution in [3.05, 3.63) is 64.5 Å². The molecule has 1 N–H and O–H groups in total. The summed E-state index contributed by atoms with van der Waals surface area (Å²) in [5.74, 6) is 0.786. The number of likely N-dealkylation sites (N-methyl/N-ethyl adjacent to an activating group) is 1. The normalized spacial score (nSPS) is 15.7. The van der Waals surface area contributed by atoms with Crippen molar-refractivity contribution in [2.24, 2.45) is 0 Å². The van der Waals surface area contributed by atoms with E-state index in [0.29, 0.717) is 12.2 Å². The van der Waals surface area contributed by atoms with Gasteiger partial charge in [-0.25, -0.2) is 14.8 Å². The first-order valence-corrected chi connectivity index (χ1v) is 10.4. The minimum absolute atomic E-state index is 0.196. The van der Waals surface area contributed by atoms with Crippen molar-refractivity contribution in [3.63, 3.8) is 0 Å². The summed E-state index contributed by atoms with van der Waals surface area (Å²) in [6.07, 6.45) is 3.43. The third kappa shape index (κ3) is 3.77. The average molecular weight is 420 g/mol. The Bertz CT molecular complexity index is 1270. The van der Waals surface area contributed by atoms with Crippen LogP contribution in [0.4, 0.5) is 0 Å². The summed E-state index contributed by atoms with van der Waals surface area (Å²) >= 11 is 0. The molecule has 0 spiro atoms. The van der Waals surface area contributed by atoms with Gasteiger partial charge in [0.05, 0.1) is 19.2 Å². The number of piperazine rings is 1. The van der Waals surface area contributed by atoms with E-state index in [1.807, 2.05) is 30.5 Å². The Balaban J connectivity index is 1.57. The molecule has 0 unspecified atom stereocenters. The number of nitrogens with one attached hydrogen (secondary N) is 1. The van der Waals surface area contributed by atoms with Crippen LogP contribution in [0.5, 0.6) is 5.75 Å². The van der Waals surface area contributed by atoms with Crippen LogP contribution >= 0.6 is 0 Å². The van der Waals surface area contributed by atoms with Crippen molar-refractivity contribution in [3.8, 4) is 5.75 Å². The molecule has 4 aromatic rings. The van der Waals surface area contributed by atoms with E-state index >= 15 is 0 Å². The molecular weight excluding hydrogens is 394 g/mol. The van der Waals surface area contributed by atoms with Crippen LogP contribution in [0.15, 0.2) is 47.7 Å². The lowest BCUT2D eigenvalue weighted by atomic mass is 10.2. The number of hydrogen-bond acceptors (Lipinski definition) is 6. The highest BCUT2D eigenvalue weighted by atomic mass is 16.5. The highest BCUT2D eigenvalue weighted by Crippen LogP contribution is 2.18. The minimum atomic E-state index is -0.196. The van der Waals surface area contributed by atoms with E-state index in [-0.39, 0.29) is 5.69 Å². The monoisotopic (exact) mass is 420 g/mol. The van der Waals surface area contributed by atoms with Crippen LogP contribution in [-0.4, -0.2) is 69.3 Å². The molecule has 9 heteroatoms. The molecule has 0 aliphatic carbocycles. The first kappa shape index (κ1) is 19.7. The fourth-order valence-corrected chi connectivity index (χ4v) is 4.10. The Labute approximate surface area is 179 Å². The van der Waals surface area contributed by atoms with Gasteiger partial charge in [-0.3, -0.25) is 9.47 Å². The Morgan fingerprint density at radius 3 is 2.58 bits per heavy atom. The van der Waals surface area contributed by atoms with Gasteiger partial charge in [0, 0.05) is 44.0 Å². The quantitative estimate of drug-likeness (QED) is 0.472. The number of aromatic amines is 1. The van der Waals surface area contributed by atoms with Gasteiger partial charge in [0.2, 0.25) is 0 Å². The second-order valence-corrected chi connectivity index (χ2v) is 8.06. The standard InChI is InChI=1S/C22H25N7O2/c1-26-7-9-27(10-8-26)13-17-11-19-20(23-12-17)21-24-15-25-29(21)22(30)28(19)14-16-3-5-18(31-2)6-4-16/h3-6,11-12,15H,7-10,13-14H2,1-2H3/p+1. The summed E-state index contributed by atoms with van der Waals surface area (Å²) in [6.45, 7) is 5.44. The molecule has 1 aromatic carbocycles. The molecule has 0 amide bonds. The van der Waals surface area contributed by atoms with Gasteiger partial charge in [-0.2, -0.15) is 0 Å². The van der Waals surface area contributed by atoms with Gasteiger partial charge in [-0.15, -0.1) is 0 Å². The number of aromatic nitrogens is 5. The number of rotatable bonds is 5. The van der Waals surface area contributed by atoms with Crippen LogP contribution in [-0.2, 0) is 13.1 Å². The Morgan fingerprint density at radius 2 is 1.84 bits per heavy atom. The maximum absolute atomic E-state index is 13.2. The molecule has 0 atom stereocenters. The Kier molecular flexibility index (Phi) is 5.13. The fraction of sp³-hybridized carbons (Fsp3) is 0.364. The summed E-state index contributed by atoms with van der Waals surface area (Å²) < 4.78 is 8.37.